The number of carbonyl (C=O) groups is 2. The second kappa shape index (κ2) is 8.83. The molecule has 0 aliphatic carbocycles. The molecule has 3 N–H and O–H groups in total. The number of carbonyl (C=O) groups excluding carboxylic acids is 1. The molecule has 3 aromatic rings. The summed E-state index contributed by atoms with van der Waals surface area (Å²) in [5.74, 6) is -0.238. The molecule has 0 aliphatic heterocycles. The number of anilines is 1. The monoisotopic (exact) mass is 376 g/mol. The molecule has 142 valence electrons. The normalized spacial score (nSPS) is 10.3. The molecule has 0 bridgehead atoms. The van der Waals surface area contributed by atoms with Gasteiger partial charge in [-0.1, -0.05) is 30.3 Å². The molecule has 1 amide bonds. The predicted molar refractivity (Wildman–Crippen MR) is 107 cm³/mol. The first-order valence-corrected chi connectivity index (χ1v) is 8.72. The second-order valence-electron chi connectivity index (χ2n) is 6.10. The molecule has 0 radical (unpaired) electrons. The highest BCUT2D eigenvalue weighted by Gasteiger charge is 2.20. The average molecular weight is 376 g/mol. The van der Waals surface area contributed by atoms with E-state index in [4.69, 9.17) is 10.5 Å². The molecule has 0 atom stereocenters. The van der Waals surface area contributed by atoms with Gasteiger partial charge in [0.2, 0.25) is 0 Å². The van der Waals surface area contributed by atoms with Crippen LogP contribution in [0.3, 0.4) is 0 Å². The van der Waals surface area contributed by atoms with Crippen LogP contribution in [0, 0.1) is 0 Å². The largest absolute Gasteiger partial charge is 0.480 e. The van der Waals surface area contributed by atoms with Crippen LogP contribution in [0.5, 0.6) is 11.5 Å². The van der Waals surface area contributed by atoms with Gasteiger partial charge in [-0.05, 0) is 54.1 Å². The summed E-state index contributed by atoms with van der Waals surface area (Å²) in [7, 11) is 0. The zero-order chi connectivity index (χ0) is 19.9. The number of carboxylic acid groups (broad SMARTS) is 1. The number of carboxylic acids is 1. The SMILES string of the molecule is NCc1cccc(C(=O)N(CC(=O)O)c2ccc(Oc3ccccc3)cc2)c1. The van der Waals surface area contributed by atoms with Crippen molar-refractivity contribution in [3.05, 3.63) is 90.0 Å². The molecule has 0 saturated carbocycles. The number of nitrogens with two attached hydrogens (primary N) is 1. The maximum Gasteiger partial charge on any atom is 0.323 e. The first-order valence-electron chi connectivity index (χ1n) is 8.72. The van der Waals surface area contributed by atoms with E-state index in [-0.39, 0.29) is 0 Å². The Bertz CT molecular complexity index is 956. The Kier molecular flexibility index (Phi) is 6.04. The van der Waals surface area contributed by atoms with Crippen LogP contribution >= 0.6 is 0 Å². The van der Waals surface area contributed by atoms with E-state index in [9.17, 15) is 14.7 Å². The highest BCUT2D eigenvalue weighted by molar-refractivity contribution is 6.08. The molecule has 0 fully saturated rings. The highest BCUT2D eigenvalue weighted by Crippen LogP contribution is 2.25. The summed E-state index contributed by atoms with van der Waals surface area (Å²) in [6.45, 7) is -0.157. The van der Waals surface area contributed by atoms with E-state index in [2.05, 4.69) is 0 Å². The van der Waals surface area contributed by atoms with Crippen molar-refractivity contribution >= 4 is 17.6 Å². The minimum absolute atomic E-state index is 0.297. The lowest BCUT2D eigenvalue weighted by Crippen LogP contribution is -2.35. The molecule has 0 saturated heterocycles. The van der Waals surface area contributed by atoms with Gasteiger partial charge in [0.15, 0.2) is 0 Å². The van der Waals surface area contributed by atoms with E-state index in [0.29, 0.717) is 29.3 Å². The van der Waals surface area contributed by atoms with Crippen molar-refractivity contribution in [2.45, 2.75) is 6.54 Å². The summed E-state index contributed by atoms with van der Waals surface area (Å²) in [5, 5.41) is 9.25. The van der Waals surface area contributed by atoms with E-state index < -0.39 is 18.4 Å². The number of ether oxygens (including phenoxy) is 1. The highest BCUT2D eigenvalue weighted by atomic mass is 16.5. The van der Waals surface area contributed by atoms with E-state index in [1.807, 2.05) is 36.4 Å². The van der Waals surface area contributed by atoms with E-state index in [0.717, 1.165) is 5.56 Å². The van der Waals surface area contributed by atoms with Crippen molar-refractivity contribution in [3.63, 3.8) is 0 Å². The molecule has 3 rings (SSSR count). The minimum atomic E-state index is -1.10. The first-order chi connectivity index (χ1) is 13.6. The fourth-order valence-corrected chi connectivity index (χ4v) is 2.72. The first kappa shape index (κ1) is 19.1. The predicted octanol–water partition coefficient (Wildman–Crippen LogP) is 3.67. The smallest absolute Gasteiger partial charge is 0.323 e. The average Bonchev–Trinajstić information content (AvgIpc) is 2.73. The van der Waals surface area contributed by atoms with Gasteiger partial charge in [0.1, 0.15) is 18.0 Å². The topological polar surface area (TPSA) is 92.9 Å². The number of rotatable bonds is 7. The summed E-state index contributed by atoms with van der Waals surface area (Å²) in [4.78, 5) is 25.4. The maximum atomic E-state index is 12.9. The van der Waals surface area contributed by atoms with E-state index in [1.54, 1.807) is 42.5 Å². The van der Waals surface area contributed by atoms with Gasteiger partial charge >= 0.3 is 5.97 Å². The number of benzene rings is 3. The zero-order valence-corrected chi connectivity index (χ0v) is 15.1. The molecule has 6 nitrogen and oxygen atoms in total. The van der Waals surface area contributed by atoms with Gasteiger partial charge in [0.05, 0.1) is 0 Å². The van der Waals surface area contributed by atoms with Gasteiger partial charge in [0, 0.05) is 17.8 Å². The molecule has 0 spiro atoms. The summed E-state index contributed by atoms with van der Waals surface area (Å²) >= 11 is 0. The number of amides is 1. The fraction of sp³-hybridized carbons (Fsp3) is 0.0909. The Hall–Kier alpha value is -3.64. The van der Waals surface area contributed by atoms with Gasteiger partial charge in [-0.25, -0.2) is 0 Å². The van der Waals surface area contributed by atoms with Crippen LogP contribution < -0.4 is 15.4 Å². The molecule has 0 unspecified atom stereocenters. The quantitative estimate of drug-likeness (QED) is 0.656. The summed E-state index contributed by atoms with van der Waals surface area (Å²) in [5.41, 5.74) is 7.28. The molecule has 28 heavy (non-hydrogen) atoms. The number of para-hydroxylation sites is 1. The van der Waals surface area contributed by atoms with Crippen LogP contribution in [0.1, 0.15) is 15.9 Å². The third-order valence-corrected chi connectivity index (χ3v) is 4.08. The summed E-state index contributed by atoms with van der Waals surface area (Å²) in [6, 6.07) is 22.9. The Balaban J connectivity index is 1.84. The molecule has 0 aromatic heterocycles. The molecule has 0 aliphatic rings. The third-order valence-electron chi connectivity index (χ3n) is 4.08. The van der Waals surface area contributed by atoms with Crippen LogP contribution in [0.15, 0.2) is 78.9 Å². The molecule has 6 heteroatoms. The van der Waals surface area contributed by atoms with Crippen LogP contribution in [-0.2, 0) is 11.3 Å². The number of hydrogen-bond acceptors (Lipinski definition) is 4. The molecule has 0 heterocycles. The van der Waals surface area contributed by atoms with Gasteiger partial charge in [-0.15, -0.1) is 0 Å². The van der Waals surface area contributed by atoms with E-state index >= 15 is 0 Å². The molecule has 3 aromatic carbocycles. The van der Waals surface area contributed by atoms with Gasteiger partial charge in [-0.2, -0.15) is 0 Å². The standard InChI is InChI=1S/C22H20N2O4/c23-14-16-5-4-6-17(13-16)22(27)24(15-21(25)26)18-9-11-20(12-10-18)28-19-7-2-1-3-8-19/h1-13H,14-15,23H2,(H,25,26). The number of hydrogen-bond donors (Lipinski definition) is 2. The van der Waals surface area contributed by atoms with Crippen LogP contribution in [0.4, 0.5) is 5.69 Å². The van der Waals surface area contributed by atoms with Crippen molar-refractivity contribution in [2.75, 3.05) is 11.4 Å². The Morgan fingerprint density at radius 2 is 1.57 bits per heavy atom. The van der Waals surface area contributed by atoms with E-state index in [1.165, 1.54) is 4.90 Å². The fourth-order valence-electron chi connectivity index (χ4n) is 2.72. The van der Waals surface area contributed by atoms with Gasteiger partial charge in [0.25, 0.3) is 5.91 Å². The third kappa shape index (κ3) is 4.75. The van der Waals surface area contributed by atoms with Crippen LogP contribution in [-0.4, -0.2) is 23.5 Å². The second-order valence-corrected chi connectivity index (χ2v) is 6.10. The van der Waals surface area contributed by atoms with Gasteiger partial charge in [-0.3, -0.25) is 14.5 Å². The molecular formula is C22H20N2O4. The van der Waals surface area contributed by atoms with Crippen molar-refractivity contribution in [3.8, 4) is 11.5 Å². The number of nitrogens with zero attached hydrogens (tertiary/aromatic N) is 1. The lowest BCUT2D eigenvalue weighted by atomic mass is 10.1. The Labute approximate surface area is 162 Å². The minimum Gasteiger partial charge on any atom is -0.480 e. The van der Waals surface area contributed by atoms with Crippen molar-refractivity contribution in [2.24, 2.45) is 5.73 Å². The van der Waals surface area contributed by atoms with Gasteiger partial charge < -0.3 is 15.6 Å². The summed E-state index contributed by atoms with van der Waals surface area (Å²) < 4.78 is 5.74. The zero-order valence-electron chi connectivity index (χ0n) is 15.1. The van der Waals surface area contributed by atoms with Crippen molar-refractivity contribution in [1.82, 2.24) is 0 Å². The lowest BCUT2D eigenvalue weighted by Gasteiger charge is -2.21. The molecular weight excluding hydrogens is 356 g/mol. The van der Waals surface area contributed by atoms with Crippen molar-refractivity contribution in [1.29, 1.82) is 0 Å². The lowest BCUT2D eigenvalue weighted by molar-refractivity contribution is -0.135. The summed E-state index contributed by atoms with van der Waals surface area (Å²) in [6.07, 6.45) is 0. The maximum absolute atomic E-state index is 12.9. The Morgan fingerprint density at radius 3 is 2.21 bits per heavy atom. The Morgan fingerprint density at radius 1 is 0.893 bits per heavy atom. The van der Waals surface area contributed by atoms with Crippen molar-refractivity contribution < 1.29 is 19.4 Å². The van der Waals surface area contributed by atoms with Crippen LogP contribution in [0.25, 0.3) is 0 Å². The number of aliphatic carboxylic acids is 1. The van der Waals surface area contributed by atoms with Crippen LogP contribution in [0.2, 0.25) is 0 Å².